The molecule has 5 N–H and O–H groups in total. The molecule has 0 unspecified atom stereocenters. The molecular formula is C37H68N4O11. The number of carboxylic acid groups (broad SMARTS) is 1. The molecule has 0 atom stereocenters. The quantitative estimate of drug-likeness (QED) is 0.0578. The molecule has 4 amide bonds. The number of aliphatic carboxylic acids is 1. The van der Waals surface area contributed by atoms with Crippen LogP contribution in [0, 0.1) is 0 Å². The fourth-order valence-corrected chi connectivity index (χ4v) is 4.96. The Bertz CT molecular complexity index is 953. The van der Waals surface area contributed by atoms with Crippen LogP contribution in [0.4, 0.5) is 0 Å². The zero-order chi connectivity index (χ0) is 38.3. The lowest BCUT2D eigenvalue weighted by molar-refractivity contribution is -0.137. The van der Waals surface area contributed by atoms with E-state index in [1.54, 1.807) is 0 Å². The number of ether oxygens (including phenoxy) is 4. The van der Waals surface area contributed by atoms with E-state index < -0.39 is 5.97 Å². The van der Waals surface area contributed by atoms with E-state index in [-0.39, 0.29) is 82.2 Å². The number of unbranched alkanes of at least 4 members (excludes halogenated alkanes) is 13. The molecule has 0 fully saturated rings. The lowest BCUT2D eigenvalue weighted by Gasteiger charge is -2.09. The summed E-state index contributed by atoms with van der Waals surface area (Å²) < 4.78 is 21.1. The number of carboxylic acids is 1. The van der Waals surface area contributed by atoms with Gasteiger partial charge in [-0.1, -0.05) is 77.0 Å². The van der Waals surface area contributed by atoms with Crippen molar-refractivity contribution in [2.24, 2.45) is 0 Å². The molecule has 0 aromatic heterocycles. The molecule has 0 saturated carbocycles. The second kappa shape index (κ2) is 37.6. The molecule has 0 aromatic carbocycles. The summed E-state index contributed by atoms with van der Waals surface area (Å²) in [5, 5.41) is 19.4. The van der Waals surface area contributed by atoms with Gasteiger partial charge in [0.25, 0.3) is 0 Å². The molecule has 15 nitrogen and oxygen atoms in total. The Balaban J connectivity index is 3.37. The average Bonchev–Trinajstić information content (AvgIpc) is 3.11. The first-order valence-electron chi connectivity index (χ1n) is 19.3. The Morgan fingerprint density at radius 2 is 0.769 bits per heavy atom. The van der Waals surface area contributed by atoms with Crippen molar-refractivity contribution >= 4 is 35.4 Å². The van der Waals surface area contributed by atoms with E-state index in [0.29, 0.717) is 51.9 Å². The second-order valence-corrected chi connectivity index (χ2v) is 12.8. The summed E-state index contributed by atoms with van der Waals surface area (Å²) in [5.41, 5.74) is 0. The molecule has 0 heterocycles. The van der Waals surface area contributed by atoms with Crippen LogP contribution in [0.5, 0.6) is 0 Å². The van der Waals surface area contributed by atoms with E-state index in [9.17, 15) is 28.8 Å². The lowest BCUT2D eigenvalue weighted by atomic mass is 10.0. The zero-order valence-electron chi connectivity index (χ0n) is 31.7. The summed E-state index contributed by atoms with van der Waals surface area (Å²) >= 11 is 0. The molecule has 0 aliphatic rings. The third kappa shape index (κ3) is 39.6. The minimum absolute atomic E-state index is 0.0198. The number of carbonyl (C=O) groups excluding carboxylic acids is 5. The van der Waals surface area contributed by atoms with Gasteiger partial charge in [0, 0.05) is 38.9 Å². The van der Waals surface area contributed by atoms with E-state index in [1.807, 2.05) is 0 Å². The molecule has 15 heteroatoms. The Morgan fingerprint density at radius 3 is 1.23 bits per heavy atom. The summed E-state index contributed by atoms with van der Waals surface area (Å²) in [6, 6.07) is 0. The second-order valence-electron chi connectivity index (χ2n) is 12.8. The molecule has 0 aromatic rings. The number of rotatable bonds is 39. The summed E-state index contributed by atoms with van der Waals surface area (Å²) in [7, 11) is 0. The third-order valence-electron chi connectivity index (χ3n) is 7.83. The van der Waals surface area contributed by atoms with Crippen LogP contribution in [0.3, 0.4) is 0 Å². The number of nitrogens with one attached hydrogen (secondary N) is 4. The fourth-order valence-electron chi connectivity index (χ4n) is 4.96. The Hall–Kier alpha value is -3.14. The number of carbonyl (C=O) groups is 6. The van der Waals surface area contributed by atoms with E-state index in [4.69, 9.17) is 24.1 Å². The third-order valence-corrected chi connectivity index (χ3v) is 7.83. The fraction of sp³-hybridized carbons (Fsp3) is 0.838. The molecule has 0 spiro atoms. The molecule has 0 saturated heterocycles. The number of hydrogen-bond acceptors (Lipinski definition) is 10. The van der Waals surface area contributed by atoms with E-state index in [2.05, 4.69) is 21.3 Å². The van der Waals surface area contributed by atoms with Gasteiger partial charge in [-0.3, -0.25) is 28.8 Å². The highest BCUT2D eigenvalue weighted by atomic mass is 16.5. The number of Topliss-reactive ketones (excluding diaryl/α,β-unsaturated/α-hetero) is 1. The SMILES string of the molecule is CC(=O)CNC(=O)COCCOCCNC(=O)COCCOCCNC(=O)CCCNC(=O)CCCCCCCCCCCCCCCCC(=O)O. The van der Waals surface area contributed by atoms with Crippen molar-refractivity contribution in [3.05, 3.63) is 0 Å². The smallest absolute Gasteiger partial charge is 0.303 e. The van der Waals surface area contributed by atoms with Crippen molar-refractivity contribution in [3.8, 4) is 0 Å². The monoisotopic (exact) mass is 744 g/mol. The van der Waals surface area contributed by atoms with Crippen molar-refractivity contribution in [2.75, 3.05) is 79.0 Å². The normalized spacial score (nSPS) is 10.9. The number of ketones is 1. The predicted octanol–water partition coefficient (Wildman–Crippen LogP) is 3.21. The van der Waals surface area contributed by atoms with Crippen molar-refractivity contribution in [1.82, 2.24) is 21.3 Å². The maximum Gasteiger partial charge on any atom is 0.303 e. The number of amides is 4. The molecule has 302 valence electrons. The molecule has 0 aliphatic heterocycles. The largest absolute Gasteiger partial charge is 0.481 e. The van der Waals surface area contributed by atoms with Gasteiger partial charge in [0.05, 0.1) is 46.2 Å². The molecule has 0 aliphatic carbocycles. The Labute approximate surface area is 310 Å². The minimum atomic E-state index is -0.696. The lowest BCUT2D eigenvalue weighted by Crippen LogP contribution is -2.32. The first kappa shape index (κ1) is 48.9. The van der Waals surface area contributed by atoms with Gasteiger partial charge < -0.3 is 45.3 Å². The zero-order valence-corrected chi connectivity index (χ0v) is 31.7. The van der Waals surface area contributed by atoms with Crippen LogP contribution < -0.4 is 21.3 Å². The summed E-state index contributed by atoms with van der Waals surface area (Å²) in [6.45, 7) is 3.83. The summed E-state index contributed by atoms with van der Waals surface area (Å²) in [5.74, 6) is -1.55. The van der Waals surface area contributed by atoms with Gasteiger partial charge in [0.2, 0.25) is 23.6 Å². The molecular weight excluding hydrogens is 676 g/mol. The van der Waals surface area contributed by atoms with Crippen LogP contribution in [0.2, 0.25) is 0 Å². The van der Waals surface area contributed by atoms with E-state index >= 15 is 0 Å². The summed E-state index contributed by atoms with van der Waals surface area (Å²) in [6.07, 6.45) is 17.8. The predicted molar refractivity (Wildman–Crippen MR) is 197 cm³/mol. The minimum Gasteiger partial charge on any atom is -0.481 e. The van der Waals surface area contributed by atoms with Gasteiger partial charge in [-0.2, -0.15) is 0 Å². The van der Waals surface area contributed by atoms with Crippen LogP contribution >= 0.6 is 0 Å². The van der Waals surface area contributed by atoms with Gasteiger partial charge in [-0.15, -0.1) is 0 Å². The standard InChI is InChI=1S/C37H68N4O11/c1-32(42)29-41-36(46)31-52-28-26-50-24-22-40-35(45)30-51-27-25-49-23-21-39-34(44)18-16-20-38-33(43)17-14-12-10-8-6-4-2-3-5-7-9-11-13-15-19-37(47)48/h2-31H2,1H3,(H,38,43)(H,39,44)(H,40,45)(H,41,46)(H,47,48). The van der Waals surface area contributed by atoms with Crippen molar-refractivity contribution in [2.45, 2.75) is 122 Å². The van der Waals surface area contributed by atoms with Crippen molar-refractivity contribution < 1.29 is 52.8 Å². The first-order valence-corrected chi connectivity index (χ1v) is 19.3. The van der Waals surface area contributed by atoms with Crippen molar-refractivity contribution in [3.63, 3.8) is 0 Å². The summed E-state index contributed by atoms with van der Waals surface area (Å²) in [4.78, 5) is 68.4. The Morgan fingerprint density at radius 1 is 0.404 bits per heavy atom. The van der Waals surface area contributed by atoms with Gasteiger partial charge in [0.1, 0.15) is 19.0 Å². The van der Waals surface area contributed by atoms with Crippen LogP contribution in [-0.2, 0) is 47.7 Å². The van der Waals surface area contributed by atoms with Gasteiger partial charge in [0.15, 0.2) is 0 Å². The molecule has 0 radical (unpaired) electrons. The average molecular weight is 745 g/mol. The Kier molecular flexibility index (Phi) is 35.3. The van der Waals surface area contributed by atoms with Crippen LogP contribution in [-0.4, -0.2) is 120 Å². The highest BCUT2D eigenvalue weighted by Crippen LogP contribution is 2.13. The van der Waals surface area contributed by atoms with Crippen LogP contribution in [0.15, 0.2) is 0 Å². The molecule has 0 rings (SSSR count). The van der Waals surface area contributed by atoms with Gasteiger partial charge in [-0.05, 0) is 26.2 Å². The molecule has 52 heavy (non-hydrogen) atoms. The van der Waals surface area contributed by atoms with Crippen LogP contribution in [0.25, 0.3) is 0 Å². The number of hydrogen-bond donors (Lipinski definition) is 5. The van der Waals surface area contributed by atoms with Crippen LogP contribution in [0.1, 0.15) is 122 Å². The first-order chi connectivity index (χ1) is 25.2. The van der Waals surface area contributed by atoms with E-state index in [0.717, 1.165) is 38.5 Å². The molecule has 0 bridgehead atoms. The van der Waals surface area contributed by atoms with E-state index in [1.165, 1.54) is 58.3 Å². The highest BCUT2D eigenvalue weighted by molar-refractivity contribution is 5.85. The maximum atomic E-state index is 12.0. The highest BCUT2D eigenvalue weighted by Gasteiger charge is 2.05. The topological polar surface area (TPSA) is 208 Å². The van der Waals surface area contributed by atoms with Gasteiger partial charge in [-0.25, -0.2) is 0 Å². The van der Waals surface area contributed by atoms with Gasteiger partial charge >= 0.3 is 5.97 Å². The maximum absolute atomic E-state index is 12.0. The van der Waals surface area contributed by atoms with Crippen molar-refractivity contribution in [1.29, 1.82) is 0 Å².